The third-order valence-electron chi connectivity index (χ3n) is 12.0. The van der Waals surface area contributed by atoms with Gasteiger partial charge >= 0.3 is 11.9 Å². The predicted molar refractivity (Wildman–Crippen MR) is 279 cm³/mol. The topological polar surface area (TPSA) is 61.8 Å². The zero-order valence-corrected chi connectivity index (χ0v) is 42.8. The molecule has 372 valence electrons. The SMILES string of the molecule is CCCCC/C=C\C/C=C\C/C=C\CCCCCCCCCOCC(COC(=O)CCCCCCC/C=C\C/C=C\CCCCC)OC(=O)CCCCCCCCCCCCCCC. The van der Waals surface area contributed by atoms with Crippen LogP contribution in [0.15, 0.2) is 60.8 Å². The molecule has 64 heavy (non-hydrogen) atoms. The van der Waals surface area contributed by atoms with Crippen molar-refractivity contribution in [3.63, 3.8) is 0 Å². The summed E-state index contributed by atoms with van der Waals surface area (Å²) in [6.07, 6.45) is 69.4. The van der Waals surface area contributed by atoms with Gasteiger partial charge in [-0.3, -0.25) is 9.59 Å². The predicted octanol–water partition coefficient (Wildman–Crippen LogP) is 18.9. The Bertz CT molecular complexity index is 1100. The fourth-order valence-electron chi connectivity index (χ4n) is 7.84. The first-order chi connectivity index (χ1) is 31.6. The average Bonchev–Trinajstić information content (AvgIpc) is 3.30. The standard InChI is InChI=1S/C59H106O5/c1-4-7-10-13-16-19-22-25-27-28-29-30-31-33-36-39-42-45-48-51-54-62-55-57(64-59(61)53-50-47-44-41-38-34-24-21-18-15-12-9-6-3)56-63-58(60)52-49-46-43-40-37-35-32-26-23-20-17-14-11-8-5-2/h16-17,19-20,25-27,29-30,32,57H,4-15,18,21-24,28,31,33-56H2,1-3H3/b19-16-,20-17-,27-25-,30-29-,32-26-. The molecular formula is C59H106O5. The molecular weight excluding hydrogens is 789 g/mol. The quantitative estimate of drug-likeness (QED) is 0.0346. The van der Waals surface area contributed by atoms with Crippen LogP contribution in [0.3, 0.4) is 0 Å². The minimum Gasteiger partial charge on any atom is -0.462 e. The zero-order valence-electron chi connectivity index (χ0n) is 42.8. The highest BCUT2D eigenvalue weighted by Gasteiger charge is 2.17. The lowest BCUT2D eigenvalue weighted by molar-refractivity contribution is -0.163. The van der Waals surface area contributed by atoms with Gasteiger partial charge in [0.2, 0.25) is 0 Å². The molecule has 0 aromatic carbocycles. The van der Waals surface area contributed by atoms with Crippen molar-refractivity contribution in [2.45, 2.75) is 284 Å². The van der Waals surface area contributed by atoms with Gasteiger partial charge in [0, 0.05) is 19.4 Å². The van der Waals surface area contributed by atoms with E-state index in [0.29, 0.717) is 19.4 Å². The summed E-state index contributed by atoms with van der Waals surface area (Å²) in [5, 5.41) is 0. The van der Waals surface area contributed by atoms with Crippen LogP contribution in [0.2, 0.25) is 0 Å². The Morgan fingerprint density at radius 1 is 0.344 bits per heavy atom. The van der Waals surface area contributed by atoms with Crippen molar-refractivity contribution in [3.8, 4) is 0 Å². The highest BCUT2D eigenvalue weighted by molar-refractivity contribution is 5.70. The molecule has 0 spiro atoms. The van der Waals surface area contributed by atoms with Gasteiger partial charge in [-0.2, -0.15) is 0 Å². The number of ether oxygens (including phenoxy) is 3. The summed E-state index contributed by atoms with van der Waals surface area (Å²) in [6, 6.07) is 0. The molecule has 0 saturated carbocycles. The molecule has 5 nitrogen and oxygen atoms in total. The maximum Gasteiger partial charge on any atom is 0.306 e. The van der Waals surface area contributed by atoms with Crippen LogP contribution in [0.25, 0.3) is 0 Å². The van der Waals surface area contributed by atoms with E-state index in [1.165, 1.54) is 173 Å². The first-order valence-electron chi connectivity index (χ1n) is 27.8. The number of allylic oxidation sites excluding steroid dienone is 10. The number of carbonyl (C=O) groups excluding carboxylic acids is 2. The lowest BCUT2D eigenvalue weighted by Crippen LogP contribution is -2.30. The Labute approximate surface area is 398 Å². The third kappa shape index (κ3) is 52.2. The molecule has 0 bridgehead atoms. The summed E-state index contributed by atoms with van der Waals surface area (Å²) in [5.74, 6) is -0.409. The summed E-state index contributed by atoms with van der Waals surface area (Å²) < 4.78 is 17.4. The van der Waals surface area contributed by atoms with Gasteiger partial charge in [0.25, 0.3) is 0 Å². The Hall–Kier alpha value is -2.40. The largest absolute Gasteiger partial charge is 0.462 e. The minimum absolute atomic E-state index is 0.0756. The van der Waals surface area contributed by atoms with Gasteiger partial charge in [-0.25, -0.2) is 0 Å². The Kier molecular flexibility index (Phi) is 52.9. The molecule has 0 aliphatic rings. The van der Waals surface area contributed by atoms with Gasteiger partial charge in [0.15, 0.2) is 6.10 Å². The molecule has 0 rings (SSSR count). The second-order valence-corrected chi connectivity index (χ2v) is 18.5. The fraction of sp³-hybridized carbons (Fsp3) is 0.797. The first kappa shape index (κ1) is 61.6. The van der Waals surface area contributed by atoms with Crippen molar-refractivity contribution in [2.24, 2.45) is 0 Å². The molecule has 0 aromatic rings. The van der Waals surface area contributed by atoms with Gasteiger partial charge < -0.3 is 14.2 Å². The normalized spacial score (nSPS) is 12.6. The van der Waals surface area contributed by atoms with Gasteiger partial charge in [-0.05, 0) is 89.9 Å². The summed E-state index contributed by atoms with van der Waals surface area (Å²) in [7, 11) is 0. The van der Waals surface area contributed by atoms with E-state index in [0.717, 1.165) is 70.6 Å². The zero-order chi connectivity index (χ0) is 46.3. The molecule has 0 aromatic heterocycles. The fourth-order valence-corrected chi connectivity index (χ4v) is 7.84. The molecule has 0 heterocycles. The van der Waals surface area contributed by atoms with Gasteiger partial charge in [0.05, 0.1) is 6.61 Å². The smallest absolute Gasteiger partial charge is 0.306 e. The number of hydrogen-bond donors (Lipinski definition) is 0. The van der Waals surface area contributed by atoms with E-state index in [4.69, 9.17) is 14.2 Å². The van der Waals surface area contributed by atoms with E-state index < -0.39 is 6.10 Å². The molecule has 0 aliphatic carbocycles. The molecule has 0 radical (unpaired) electrons. The van der Waals surface area contributed by atoms with Crippen LogP contribution in [0.5, 0.6) is 0 Å². The van der Waals surface area contributed by atoms with Crippen molar-refractivity contribution >= 4 is 11.9 Å². The van der Waals surface area contributed by atoms with Gasteiger partial charge in [-0.15, -0.1) is 0 Å². The van der Waals surface area contributed by atoms with Gasteiger partial charge in [-0.1, -0.05) is 236 Å². The monoisotopic (exact) mass is 895 g/mol. The maximum absolute atomic E-state index is 12.8. The van der Waals surface area contributed by atoms with Crippen molar-refractivity contribution < 1.29 is 23.8 Å². The molecule has 0 amide bonds. The number of esters is 2. The second kappa shape index (κ2) is 54.9. The van der Waals surface area contributed by atoms with E-state index in [1.807, 2.05) is 0 Å². The highest BCUT2D eigenvalue weighted by Crippen LogP contribution is 2.15. The molecule has 5 heteroatoms. The van der Waals surface area contributed by atoms with Crippen molar-refractivity contribution in [1.29, 1.82) is 0 Å². The highest BCUT2D eigenvalue weighted by atomic mass is 16.6. The van der Waals surface area contributed by atoms with Crippen LogP contribution < -0.4 is 0 Å². The van der Waals surface area contributed by atoms with Crippen molar-refractivity contribution in [1.82, 2.24) is 0 Å². The van der Waals surface area contributed by atoms with Crippen molar-refractivity contribution in [3.05, 3.63) is 60.8 Å². The van der Waals surface area contributed by atoms with Crippen molar-refractivity contribution in [2.75, 3.05) is 19.8 Å². The Balaban J connectivity index is 4.27. The Morgan fingerprint density at radius 2 is 0.656 bits per heavy atom. The van der Waals surface area contributed by atoms with E-state index in [-0.39, 0.29) is 25.2 Å². The van der Waals surface area contributed by atoms with E-state index in [1.54, 1.807) is 0 Å². The summed E-state index contributed by atoms with van der Waals surface area (Å²) in [4.78, 5) is 25.4. The third-order valence-corrected chi connectivity index (χ3v) is 12.0. The van der Waals surface area contributed by atoms with E-state index >= 15 is 0 Å². The molecule has 0 fully saturated rings. The first-order valence-corrected chi connectivity index (χ1v) is 27.8. The summed E-state index contributed by atoms with van der Waals surface area (Å²) in [6.45, 7) is 7.77. The van der Waals surface area contributed by atoms with E-state index in [9.17, 15) is 9.59 Å². The Morgan fingerprint density at radius 3 is 1.08 bits per heavy atom. The van der Waals surface area contributed by atoms with Crippen LogP contribution in [0.1, 0.15) is 278 Å². The minimum atomic E-state index is -0.546. The number of hydrogen-bond acceptors (Lipinski definition) is 5. The number of rotatable bonds is 51. The number of unbranched alkanes of at least 4 members (excludes halogenated alkanes) is 30. The average molecular weight is 895 g/mol. The van der Waals surface area contributed by atoms with Crippen LogP contribution in [-0.4, -0.2) is 37.9 Å². The lowest BCUT2D eigenvalue weighted by Gasteiger charge is -2.18. The molecule has 0 saturated heterocycles. The summed E-state index contributed by atoms with van der Waals surface area (Å²) >= 11 is 0. The molecule has 0 N–H and O–H groups in total. The summed E-state index contributed by atoms with van der Waals surface area (Å²) in [5.41, 5.74) is 0. The van der Waals surface area contributed by atoms with E-state index in [2.05, 4.69) is 81.5 Å². The molecule has 1 unspecified atom stereocenters. The number of carbonyl (C=O) groups is 2. The molecule has 1 atom stereocenters. The lowest BCUT2D eigenvalue weighted by atomic mass is 10.0. The van der Waals surface area contributed by atoms with Crippen LogP contribution >= 0.6 is 0 Å². The van der Waals surface area contributed by atoms with Crippen LogP contribution in [0, 0.1) is 0 Å². The maximum atomic E-state index is 12.8. The van der Waals surface area contributed by atoms with Crippen LogP contribution in [0.4, 0.5) is 0 Å². The second-order valence-electron chi connectivity index (χ2n) is 18.5. The van der Waals surface area contributed by atoms with Crippen LogP contribution in [-0.2, 0) is 23.8 Å². The van der Waals surface area contributed by atoms with Gasteiger partial charge in [0.1, 0.15) is 6.61 Å². The molecule has 0 aliphatic heterocycles.